The highest BCUT2D eigenvalue weighted by Gasteiger charge is 2.27. The summed E-state index contributed by atoms with van der Waals surface area (Å²) in [5.41, 5.74) is 1.55. The number of carbonyl (C=O) groups is 3. The third kappa shape index (κ3) is 9.04. The maximum Gasteiger partial charge on any atom is 0.408 e. The molecule has 1 heterocycles. The van der Waals surface area contributed by atoms with Crippen LogP contribution in [0.1, 0.15) is 68.7 Å². The number of amides is 2. The van der Waals surface area contributed by atoms with Crippen molar-refractivity contribution in [1.29, 1.82) is 0 Å². The zero-order valence-corrected chi connectivity index (χ0v) is 20.6. The summed E-state index contributed by atoms with van der Waals surface area (Å²) < 4.78 is 5.36. The average molecular weight is 454 g/mol. The van der Waals surface area contributed by atoms with Gasteiger partial charge in [-0.05, 0) is 72.6 Å². The molecule has 0 saturated carbocycles. The highest BCUT2D eigenvalue weighted by molar-refractivity contribution is 5.98. The number of ketones is 1. The van der Waals surface area contributed by atoms with Crippen LogP contribution in [0.25, 0.3) is 0 Å². The minimum atomic E-state index is -0.831. The lowest BCUT2D eigenvalue weighted by atomic mass is 9.97. The van der Waals surface area contributed by atoms with Crippen LogP contribution in [-0.2, 0) is 22.4 Å². The van der Waals surface area contributed by atoms with Gasteiger partial charge in [-0.25, -0.2) is 4.79 Å². The van der Waals surface area contributed by atoms with Gasteiger partial charge in [0, 0.05) is 11.7 Å². The van der Waals surface area contributed by atoms with E-state index < -0.39 is 23.3 Å². The largest absolute Gasteiger partial charge is 0.444 e. The van der Waals surface area contributed by atoms with Crippen molar-refractivity contribution in [2.75, 3.05) is 0 Å². The SMILES string of the molecule is Cc1cccc(CC(NC(=O)OC(C)(C)C)C(=O)Cc2ncccc2C(=O)NC(C)(C)C)c1. The second-order valence-corrected chi connectivity index (χ2v) is 10.2. The molecule has 0 spiro atoms. The van der Waals surface area contributed by atoms with E-state index in [1.807, 2.05) is 52.0 Å². The van der Waals surface area contributed by atoms with Gasteiger partial charge in [0.25, 0.3) is 5.91 Å². The predicted octanol–water partition coefficient (Wildman–Crippen LogP) is 4.17. The Morgan fingerprint density at radius 2 is 1.73 bits per heavy atom. The summed E-state index contributed by atoms with van der Waals surface area (Å²) >= 11 is 0. The Balaban J connectivity index is 2.27. The van der Waals surface area contributed by atoms with E-state index in [1.165, 1.54) is 0 Å². The molecule has 0 radical (unpaired) electrons. The van der Waals surface area contributed by atoms with Crippen LogP contribution >= 0.6 is 0 Å². The van der Waals surface area contributed by atoms with Crippen LogP contribution in [0, 0.1) is 6.92 Å². The van der Waals surface area contributed by atoms with Crippen molar-refractivity contribution in [3.8, 4) is 0 Å². The molecule has 0 bridgehead atoms. The molecule has 0 saturated heterocycles. The number of alkyl carbamates (subject to hydrolysis) is 1. The Bertz CT molecular complexity index is 1000. The molecule has 1 aromatic carbocycles. The summed E-state index contributed by atoms with van der Waals surface area (Å²) in [6.07, 6.45) is 1.09. The van der Waals surface area contributed by atoms with Crippen molar-refractivity contribution in [2.24, 2.45) is 0 Å². The molecule has 0 aliphatic rings. The van der Waals surface area contributed by atoms with Crippen molar-refractivity contribution in [3.63, 3.8) is 0 Å². The number of Topliss-reactive ketones (excluding diaryl/α,β-unsaturated/α-hetero) is 1. The maximum absolute atomic E-state index is 13.3. The Labute approximate surface area is 196 Å². The summed E-state index contributed by atoms with van der Waals surface area (Å²) in [6.45, 7) is 12.9. The predicted molar refractivity (Wildman–Crippen MR) is 128 cm³/mol. The monoisotopic (exact) mass is 453 g/mol. The molecule has 1 atom stereocenters. The van der Waals surface area contributed by atoms with Crippen molar-refractivity contribution < 1.29 is 19.1 Å². The van der Waals surface area contributed by atoms with Crippen molar-refractivity contribution >= 4 is 17.8 Å². The van der Waals surface area contributed by atoms with Crippen LogP contribution in [0.3, 0.4) is 0 Å². The molecule has 33 heavy (non-hydrogen) atoms. The van der Waals surface area contributed by atoms with Gasteiger partial charge < -0.3 is 15.4 Å². The summed E-state index contributed by atoms with van der Waals surface area (Å²) in [6, 6.07) is 10.2. The first-order chi connectivity index (χ1) is 15.2. The third-order valence-electron chi connectivity index (χ3n) is 4.57. The first-order valence-corrected chi connectivity index (χ1v) is 11.1. The molecular formula is C26H35N3O4. The molecule has 2 N–H and O–H groups in total. The van der Waals surface area contributed by atoms with Crippen LogP contribution < -0.4 is 10.6 Å². The van der Waals surface area contributed by atoms with E-state index in [1.54, 1.807) is 39.1 Å². The molecule has 2 amide bonds. The van der Waals surface area contributed by atoms with E-state index in [0.29, 0.717) is 17.7 Å². The Kier molecular flexibility index (Phi) is 8.36. The number of benzene rings is 1. The lowest BCUT2D eigenvalue weighted by molar-refractivity contribution is -0.120. The van der Waals surface area contributed by atoms with Gasteiger partial charge in [0.05, 0.1) is 23.7 Å². The van der Waals surface area contributed by atoms with Gasteiger partial charge in [-0.2, -0.15) is 0 Å². The maximum atomic E-state index is 13.3. The second kappa shape index (κ2) is 10.6. The number of aromatic nitrogens is 1. The van der Waals surface area contributed by atoms with Gasteiger partial charge in [0.1, 0.15) is 5.60 Å². The highest BCUT2D eigenvalue weighted by atomic mass is 16.6. The van der Waals surface area contributed by atoms with Crippen LogP contribution in [0.5, 0.6) is 0 Å². The molecule has 1 aromatic heterocycles. The molecular weight excluding hydrogens is 418 g/mol. The van der Waals surface area contributed by atoms with E-state index in [2.05, 4.69) is 15.6 Å². The normalized spacial score (nSPS) is 12.6. The summed E-state index contributed by atoms with van der Waals surface area (Å²) in [5.74, 6) is -0.556. The number of nitrogens with one attached hydrogen (secondary N) is 2. The quantitative estimate of drug-likeness (QED) is 0.656. The molecule has 7 nitrogen and oxygen atoms in total. The number of aryl methyl sites for hydroxylation is 1. The van der Waals surface area contributed by atoms with Crippen LogP contribution in [0.15, 0.2) is 42.6 Å². The Morgan fingerprint density at radius 3 is 2.33 bits per heavy atom. The standard InChI is InChI=1S/C26H35N3O4/c1-17-10-8-11-18(14-17)15-21(28-24(32)33-26(5,6)7)22(30)16-20-19(12-9-13-27-20)23(31)29-25(2,3)4/h8-14,21H,15-16H2,1-7H3,(H,28,32)(H,29,31). The molecule has 0 aliphatic heterocycles. The molecule has 0 aliphatic carbocycles. The summed E-state index contributed by atoms with van der Waals surface area (Å²) in [5, 5.41) is 5.61. The van der Waals surface area contributed by atoms with E-state index in [-0.39, 0.29) is 18.1 Å². The summed E-state index contributed by atoms with van der Waals surface area (Å²) in [7, 11) is 0. The molecule has 2 aromatic rings. The first-order valence-electron chi connectivity index (χ1n) is 11.1. The smallest absolute Gasteiger partial charge is 0.408 e. The van der Waals surface area contributed by atoms with E-state index in [0.717, 1.165) is 11.1 Å². The zero-order valence-electron chi connectivity index (χ0n) is 20.6. The first kappa shape index (κ1) is 26.0. The fraction of sp³-hybridized carbons (Fsp3) is 0.462. The Morgan fingerprint density at radius 1 is 1.03 bits per heavy atom. The summed E-state index contributed by atoms with van der Waals surface area (Å²) in [4.78, 5) is 42.8. The molecule has 7 heteroatoms. The Hall–Kier alpha value is -3.22. The van der Waals surface area contributed by atoms with Gasteiger partial charge in [-0.1, -0.05) is 29.8 Å². The third-order valence-corrected chi connectivity index (χ3v) is 4.57. The lowest BCUT2D eigenvalue weighted by Crippen LogP contribution is -2.45. The van der Waals surface area contributed by atoms with Gasteiger partial charge in [-0.3, -0.25) is 14.6 Å². The highest BCUT2D eigenvalue weighted by Crippen LogP contribution is 2.14. The molecule has 1 unspecified atom stereocenters. The minimum absolute atomic E-state index is 0.0972. The van der Waals surface area contributed by atoms with Crippen molar-refractivity contribution in [2.45, 2.75) is 78.5 Å². The number of hydrogen-bond donors (Lipinski definition) is 2. The average Bonchev–Trinajstić information content (AvgIpc) is 2.65. The van der Waals surface area contributed by atoms with Gasteiger partial charge in [0.15, 0.2) is 5.78 Å². The number of ether oxygens (including phenoxy) is 1. The zero-order chi connectivity index (χ0) is 24.8. The lowest BCUT2D eigenvalue weighted by Gasteiger charge is -2.24. The van der Waals surface area contributed by atoms with Crippen LogP contribution in [-0.4, -0.2) is 39.9 Å². The van der Waals surface area contributed by atoms with E-state index in [9.17, 15) is 14.4 Å². The van der Waals surface area contributed by atoms with Gasteiger partial charge >= 0.3 is 6.09 Å². The van der Waals surface area contributed by atoms with Crippen LogP contribution in [0.4, 0.5) is 4.79 Å². The number of nitrogens with zero attached hydrogens (tertiary/aromatic N) is 1. The number of rotatable bonds is 7. The topological polar surface area (TPSA) is 97.4 Å². The fourth-order valence-corrected chi connectivity index (χ4v) is 3.25. The molecule has 2 rings (SSSR count). The number of carbonyl (C=O) groups excluding carboxylic acids is 3. The number of hydrogen-bond acceptors (Lipinski definition) is 5. The van der Waals surface area contributed by atoms with E-state index in [4.69, 9.17) is 4.74 Å². The van der Waals surface area contributed by atoms with Crippen LogP contribution in [0.2, 0.25) is 0 Å². The van der Waals surface area contributed by atoms with Crippen molar-refractivity contribution in [3.05, 3.63) is 65.0 Å². The number of pyridine rings is 1. The van der Waals surface area contributed by atoms with Crippen molar-refractivity contribution in [1.82, 2.24) is 15.6 Å². The minimum Gasteiger partial charge on any atom is -0.444 e. The fourth-order valence-electron chi connectivity index (χ4n) is 3.25. The molecule has 0 fully saturated rings. The van der Waals surface area contributed by atoms with Gasteiger partial charge in [-0.15, -0.1) is 0 Å². The van der Waals surface area contributed by atoms with Gasteiger partial charge in [0.2, 0.25) is 0 Å². The molecule has 178 valence electrons. The second-order valence-electron chi connectivity index (χ2n) is 10.2. The van der Waals surface area contributed by atoms with E-state index >= 15 is 0 Å².